The molecule has 0 N–H and O–H groups in total. The number of methoxy groups -OCH3 is 2. The van der Waals surface area contributed by atoms with Gasteiger partial charge >= 0.3 is 11.9 Å². The number of carbonyl (C=O) groups excluding carboxylic acids is 2. The third-order valence-corrected chi connectivity index (χ3v) is 3.95. The van der Waals surface area contributed by atoms with Crippen LogP contribution in [0.25, 0.3) is 0 Å². The van der Waals surface area contributed by atoms with Gasteiger partial charge in [-0.2, -0.15) is 0 Å². The average molecular weight is 356 g/mol. The normalized spacial score (nSPS) is 13.8. The lowest BCUT2D eigenvalue weighted by Gasteiger charge is -2.23. The average Bonchev–Trinajstić information content (AvgIpc) is 2.88. The number of likely N-dealkylation sites (N-methyl/N-ethyl adjacent to an activating group) is 1. The molecule has 0 saturated carbocycles. The Bertz CT molecular complexity index is 746. The SMILES string of the molecule is COC(=O)C1=C(C(=O)OC)N(c2ccc(CCN(C)C)cc2)C=CC=C1. The Kier molecular flexibility index (Phi) is 6.74. The van der Waals surface area contributed by atoms with Crippen LogP contribution in [0, 0.1) is 0 Å². The molecule has 0 radical (unpaired) electrons. The molecular formula is C20H24N2O4. The Labute approximate surface area is 154 Å². The first-order valence-electron chi connectivity index (χ1n) is 8.26. The fourth-order valence-electron chi connectivity index (χ4n) is 2.54. The number of rotatable bonds is 6. The summed E-state index contributed by atoms with van der Waals surface area (Å²) in [7, 11) is 6.63. The van der Waals surface area contributed by atoms with E-state index < -0.39 is 11.9 Å². The number of hydrogen-bond acceptors (Lipinski definition) is 6. The summed E-state index contributed by atoms with van der Waals surface area (Å²) in [5, 5.41) is 0. The van der Waals surface area contributed by atoms with Crippen LogP contribution < -0.4 is 4.90 Å². The molecule has 1 aliphatic rings. The molecule has 0 aliphatic carbocycles. The Morgan fingerprint density at radius 3 is 2.23 bits per heavy atom. The molecule has 1 aliphatic heterocycles. The summed E-state index contributed by atoms with van der Waals surface area (Å²) in [6, 6.07) is 7.85. The molecule has 0 saturated heterocycles. The van der Waals surface area contributed by atoms with Crippen LogP contribution in [-0.2, 0) is 25.5 Å². The van der Waals surface area contributed by atoms with E-state index in [0.29, 0.717) is 0 Å². The standard InChI is InChI=1S/C20H24N2O4/c1-21(2)14-12-15-8-10-16(11-9-15)22-13-6-5-7-17(19(23)25-3)18(22)20(24)26-4/h5-11,13H,12,14H2,1-4H3. The van der Waals surface area contributed by atoms with Crippen molar-refractivity contribution in [2.45, 2.75) is 6.42 Å². The summed E-state index contributed by atoms with van der Waals surface area (Å²) in [5.74, 6) is -1.21. The molecular weight excluding hydrogens is 332 g/mol. The number of nitrogens with zero attached hydrogens (tertiary/aromatic N) is 2. The number of hydrogen-bond donors (Lipinski definition) is 0. The van der Waals surface area contributed by atoms with E-state index >= 15 is 0 Å². The van der Waals surface area contributed by atoms with Crippen LogP contribution in [0.4, 0.5) is 5.69 Å². The highest BCUT2D eigenvalue weighted by Gasteiger charge is 2.27. The smallest absolute Gasteiger partial charge is 0.355 e. The third-order valence-electron chi connectivity index (χ3n) is 3.95. The first-order valence-corrected chi connectivity index (χ1v) is 8.26. The molecule has 1 aromatic carbocycles. The van der Waals surface area contributed by atoms with E-state index in [1.54, 1.807) is 29.3 Å². The van der Waals surface area contributed by atoms with Crippen LogP contribution in [0.1, 0.15) is 5.56 Å². The Morgan fingerprint density at radius 1 is 1.00 bits per heavy atom. The lowest BCUT2D eigenvalue weighted by atomic mass is 10.1. The minimum atomic E-state index is -0.613. The number of ether oxygens (including phenoxy) is 2. The maximum atomic E-state index is 12.4. The quantitative estimate of drug-likeness (QED) is 0.729. The molecule has 6 heteroatoms. The molecule has 0 atom stereocenters. The molecule has 138 valence electrons. The molecule has 0 fully saturated rings. The van der Waals surface area contributed by atoms with Crippen molar-refractivity contribution in [3.05, 3.63) is 65.5 Å². The Morgan fingerprint density at radius 2 is 1.65 bits per heavy atom. The number of benzene rings is 1. The third kappa shape index (κ3) is 4.61. The largest absolute Gasteiger partial charge is 0.465 e. The van der Waals surface area contributed by atoms with Crippen LogP contribution in [0.3, 0.4) is 0 Å². The summed E-state index contributed by atoms with van der Waals surface area (Å²) in [4.78, 5) is 28.3. The van der Waals surface area contributed by atoms with Crippen molar-refractivity contribution < 1.29 is 19.1 Å². The first kappa shape index (κ1) is 19.5. The minimum Gasteiger partial charge on any atom is -0.465 e. The van der Waals surface area contributed by atoms with E-state index in [-0.39, 0.29) is 11.3 Å². The van der Waals surface area contributed by atoms with Crippen molar-refractivity contribution in [1.82, 2.24) is 4.90 Å². The molecule has 0 unspecified atom stereocenters. The van der Waals surface area contributed by atoms with Crippen LogP contribution in [-0.4, -0.2) is 51.7 Å². The van der Waals surface area contributed by atoms with Gasteiger partial charge in [0.05, 0.1) is 19.8 Å². The number of anilines is 1. The summed E-state index contributed by atoms with van der Waals surface area (Å²) >= 11 is 0. The molecule has 26 heavy (non-hydrogen) atoms. The lowest BCUT2D eigenvalue weighted by molar-refractivity contribution is -0.139. The fourth-order valence-corrected chi connectivity index (χ4v) is 2.54. The highest BCUT2D eigenvalue weighted by atomic mass is 16.5. The molecule has 0 amide bonds. The van der Waals surface area contributed by atoms with Gasteiger partial charge in [0.2, 0.25) is 0 Å². The molecule has 0 spiro atoms. The monoisotopic (exact) mass is 356 g/mol. The summed E-state index contributed by atoms with van der Waals surface area (Å²) in [6.45, 7) is 0.951. The van der Waals surface area contributed by atoms with Crippen molar-refractivity contribution >= 4 is 17.6 Å². The zero-order valence-electron chi connectivity index (χ0n) is 15.6. The van der Waals surface area contributed by atoms with Gasteiger partial charge in [0.15, 0.2) is 0 Å². The zero-order valence-corrected chi connectivity index (χ0v) is 15.6. The summed E-state index contributed by atoms with van der Waals surface area (Å²) in [6.07, 6.45) is 7.62. The van der Waals surface area contributed by atoms with Gasteiger partial charge in [-0.1, -0.05) is 18.2 Å². The molecule has 0 aromatic heterocycles. The van der Waals surface area contributed by atoms with Gasteiger partial charge in [-0.15, -0.1) is 0 Å². The van der Waals surface area contributed by atoms with Crippen molar-refractivity contribution in [2.24, 2.45) is 0 Å². The van der Waals surface area contributed by atoms with Crippen LogP contribution in [0.2, 0.25) is 0 Å². The number of esters is 2. The lowest BCUT2D eigenvalue weighted by Crippen LogP contribution is -2.27. The molecule has 1 heterocycles. The van der Waals surface area contributed by atoms with E-state index in [9.17, 15) is 9.59 Å². The van der Waals surface area contributed by atoms with Gasteiger partial charge in [-0.3, -0.25) is 0 Å². The summed E-state index contributed by atoms with van der Waals surface area (Å²) in [5.41, 5.74) is 2.20. The first-order chi connectivity index (χ1) is 12.5. The van der Waals surface area contributed by atoms with Gasteiger partial charge in [-0.05, 0) is 50.4 Å². The van der Waals surface area contributed by atoms with E-state index in [2.05, 4.69) is 4.90 Å². The number of allylic oxidation sites excluding steroid dienone is 2. The number of carbonyl (C=O) groups is 2. The topological polar surface area (TPSA) is 59.1 Å². The van der Waals surface area contributed by atoms with Gasteiger partial charge in [0.25, 0.3) is 0 Å². The van der Waals surface area contributed by atoms with Crippen LogP contribution in [0.15, 0.2) is 60.0 Å². The fraction of sp³-hybridized carbons (Fsp3) is 0.300. The van der Waals surface area contributed by atoms with Gasteiger partial charge < -0.3 is 19.3 Å². The van der Waals surface area contributed by atoms with Crippen LogP contribution >= 0.6 is 0 Å². The second-order valence-electron chi connectivity index (χ2n) is 6.04. The molecule has 6 nitrogen and oxygen atoms in total. The van der Waals surface area contributed by atoms with Gasteiger partial charge in [-0.25, -0.2) is 9.59 Å². The van der Waals surface area contributed by atoms with E-state index in [0.717, 1.165) is 18.7 Å². The van der Waals surface area contributed by atoms with Crippen molar-refractivity contribution in [3.8, 4) is 0 Å². The van der Waals surface area contributed by atoms with Crippen molar-refractivity contribution in [1.29, 1.82) is 0 Å². The van der Waals surface area contributed by atoms with E-state index in [4.69, 9.17) is 9.47 Å². The van der Waals surface area contributed by atoms with Crippen molar-refractivity contribution in [2.75, 3.05) is 39.8 Å². The highest BCUT2D eigenvalue weighted by Crippen LogP contribution is 2.26. The van der Waals surface area contributed by atoms with Crippen molar-refractivity contribution in [3.63, 3.8) is 0 Å². The molecule has 0 bridgehead atoms. The van der Waals surface area contributed by atoms with E-state index in [1.165, 1.54) is 19.8 Å². The predicted molar refractivity (Wildman–Crippen MR) is 101 cm³/mol. The summed E-state index contributed by atoms with van der Waals surface area (Å²) < 4.78 is 9.70. The van der Waals surface area contributed by atoms with Crippen LogP contribution in [0.5, 0.6) is 0 Å². The molecule has 2 rings (SSSR count). The maximum Gasteiger partial charge on any atom is 0.355 e. The maximum absolute atomic E-state index is 12.4. The molecule has 1 aromatic rings. The Hall–Kier alpha value is -2.86. The highest BCUT2D eigenvalue weighted by molar-refractivity contribution is 6.05. The van der Waals surface area contributed by atoms with Gasteiger partial charge in [0.1, 0.15) is 5.70 Å². The van der Waals surface area contributed by atoms with Gasteiger partial charge in [0, 0.05) is 18.4 Å². The Balaban J connectivity index is 2.41. The van der Waals surface area contributed by atoms with E-state index in [1.807, 2.05) is 38.4 Å². The second-order valence-corrected chi connectivity index (χ2v) is 6.04. The zero-order chi connectivity index (χ0) is 19.1. The second kappa shape index (κ2) is 9.01. The minimum absolute atomic E-state index is 0.116. The predicted octanol–water partition coefficient (Wildman–Crippen LogP) is 2.28.